The molecule has 3 aromatic rings. The molecular weight excluding hydrogens is 370 g/mol. The third-order valence-electron chi connectivity index (χ3n) is 5.39. The van der Waals surface area contributed by atoms with Gasteiger partial charge in [0.1, 0.15) is 5.82 Å². The van der Waals surface area contributed by atoms with E-state index in [9.17, 15) is 4.79 Å². The molecular formula is C22H21N3O4. The summed E-state index contributed by atoms with van der Waals surface area (Å²) in [6.45, 7) is 0.220. The van der Waals surface area contributed by atoms with Crippen LogP contribution in [0, 0.1) is 0 Å². The van der Waals surface area contributed by atoms with E-state index >= 15 is 0 Å². The number of anilines is 1. The highest BCUT2D eigenvalue weighted by molar-refractivity contribution is 6.01. The predicted molar refractivity (Wildman–Crippen MR) is 108 cm³/mol. The van der Waals surface area contributed by atoms with Crippen molar-refractivity contribution in [3.8, 4) is 28.5 Å². The number of benzene rings is 1. The molecule has 0 bridgehead atoms. The number of carbonyl (C=O) groups excluding carboxylic acids is 1. The van der Waals surface area contributed by atoms with Crippen LogP contribution in [0.3, 0.4) is 0 Å². The average molecular weight is 391 g/mol. The van der Waals surface area contributed by atoms with Crippen molar-refractivity contribution >= 4 is 11.7 Å². The van der Waals surface area contributed by atoms with Gasteiger partial charge in [0.2, 0.25) is 18.6 Å². The second-order valence-electron chi connectivity index (χ2n) is 7.13. The summed E-state index contributed by atoms with van der Waals surface area (Å²) in [7, 11) is 1.58. The Kier molecular flexibility index (Phi) is 4.08. The molecule has 1 fully saturated rings. The molecule has 5 rings (SSSR count). The molecule has 2 aromatic heterocycles. The SMILES string of the molecule is COc1ccc(-c2ccc(NC(=O)C3(c4ccc5c(c4)OCO5)CC3)nc2)cn1.[HH]. The van der Waals surface area contributed by atoms with Crippen LogP contribution < -0.4 is 19.5 Å². The number of amides is 1. The van der Waals surface area contributed by atoms with Crippen LogP contribution in [0.2, 0.25) is 0 Å². The van der Waals surface area contributed by atoms with E-state index in [1.807, 2.05) is 30.3 Å². The molecule has 1 amide bonds. The molecule has 29 heavy (non-hydrogen) atoms. The zero-order valence-electron chi connectivity index (χ0n) is 15.8. The van der Waals surface area contributed by atoms with Gasteiger partial charge in [-0.25, -0.2) is 9.97 Å². The molecule has 0 spiro atoms. The standard InChI is InChI=1S/C22H19N3O4.H2/c1-27-20-7-3-15(12-24-20)14-2-6-19(23-11-14)25-21(26)22(8-9-22)16-4-5-17-18(10-16)29-13-28-17;/h2-7,10-12H,8-9,13H2,1H3,(H,23,25,26);1H. The fourth-order valence-electron chi connectivity index (χ4n) is 3.51. The number of fused-ring (bicyclic) bond motifs is 1. The second kappa shape index (κ2) is 6.77. The lowest BCUT2D eigenvalue weighted by atomic mass is 9.94. The minimum Gasteiger partial charge on any atom is -0.481 e. The van der Waals surface area contributed by atoms with E-state index < -0.39 is 5.41 Å². The normalized spacial score (nSPS) is 15.6. The third kappa shape index (κ3) is 3.14. The molecule has 0 radical (unpaired) electrons. The van der Waals surface area contributed by atoms with E-state index in [4.69, 9.17) is 14.2 Å². The smallest absolute Gasteiger partial charge is 0.236 e. The molecule has 148 valence electrons. The van der Waals surface area contributed by atoms with Crippen molar-refractivity contribution in [1.29, 1.82) is 0 Å². The number of hydrogen-bond donors (Lipinski definition) is 1. The minimum absolute atomic E-state index is 0. The van der Waals surface area contributed by atoms with Gasteiger partial charge >= 0.3 is 0 Å². The Bertz CT molecular complexity index is 1070. The molecule has 1 N–H and O–H groups in total. The van der Waals surface area contributed by atoms with Crippen molar-refractivity contribution in [1.82, 2.24) is 9.97 Å². The number of hydrogen-bond acceptors (Lipinski definition) is 6. The highest BCUT2D eigenvalue weighted by Gasteiger charge is 2.51. The van der Waals surface area contributed by atoms with E-state index in [0.29, 0.717) is 17.4 Å². The molecule has 0 atom stereocenters. The first-order valence-corrected chi connectivity index (χ1v) is 9.36. The Morgan fingerprint density at radius 3 is 2.45 bits per heavy atom. The lowest BCUT2D eigenvalue weighted by Crippen LogP contribution is -2.28. The van der Waals surface area contributed by atoms with Crippen LogP contribution in [0.25, 0.3) is 11.1 Å². The van der Waals surface area contributed by atoms with E-state index in [0.717, 1.165) is 35.3 Å². The summed E-state index contributed by atoms with van der Waals surface area (Å²) in [5.74, 6) is 2.44. The maximum atomic E-state index is 13.0. The molecule has 0 unspecified atom stereocenters. The fraction of sp³-hybridized carbons (Fsp3) is 0.227. The van der Waals surface area contributed by atoms with Gasteiger partial charge in [-0.3, -0.25) is 4.79 Å². The molecule has 7 nitrogen and oxygen atoms in total. The van der Waals surface area contributed by atoms with Crippen molar-refractivity contribution in [2.45, 2.75) is 18.3 Å². The quantitative estimate of drug-likeness (QED) is 0.712. The van der Waals surface area contributed by atoms with Gasteiger partial charge in [-0.1, -0.05) is 6.07 Å². The Hall–Kier alpha value is -3.61. The third-order valence-corrected chi connectivity index (χ3v) is 5.39. The molecule has 1 aromatic carbocycles. The maximum Gasteiger partial charge on any atom is 0.236 e. The van der Waals surface area contributed by atoms with Gasteiger partial charge in [-0.05, 0) is 48.7 Å². The molecule has 1 saturated carbocycles. The molecule has 0 saturated heterocycles. The highest BCUT2D eigenvalue weighted by atomic mass is 16.7. The first-order chi connectivity index (χ1) is 14.2. The van der Waals surface area contributed by atoms with Crippen LogP contribution in [0.15, 0.2) is 54.9 Å². The van der Waals surface area contributed by atoms with Crippen molar-refractivity contribution in [2.75, 3.05) is 19.2 Å². The Morgan fingerprint density at radius 2 is 1.79 bits per heavy atom. The molecule has 3 heterocycles. The number of carbonyl (C=O) groups is 1. The Balaban J connectivity index is 0.00000218. The van der Waals surface area contributed by atoms with Gasteiger partial charge in [0.15, 0.2) is 11.5 Å². The van der Waals surface area contributed by atoms with Crippen LogP contribution in [0.1, 0.15) is 19.8 Å². The summed E-state index contributed by atoms with van der Waals surface area (Å²) in [5.41, 5.74) is 2.26. The number of ether oxygens (including phenoxy) is 3. The van der Waals surface area contributed by atoms with Crippen LogP contribution >= 0.6 is 0 Å². The summed E-state index contributed by atoms with van der Waals surface area (Å²) in [6, 6.07) is 13.1. The molecule has 1 aliphatic heterocycles. The predicted octanol–water partition coefficient (Wildman–Crippen LogP) is 3.80. The van der Waals surface area contributed by atoms with E-state index in [1.165, 1.54) is 0 Å². The zero-order chi connectivity index (χ0) is 19.8. The fourth-order valence-corrected chi connectivity index (χ4v) is 3.51. The van der Waals surface area contributed by atoms with E-state index in [1.54, 1.807) is 31.6 Å². The van der Waals surface area contributed by atoms with Crippen LogP contribution in [0.4, 0.5) is 5.82 Å². The van der Waals surface area contributed by atoms with Crippen molar-refractivity contribution in [2.24, 2.45) is 0 Å². The maximum absolute atomic E-state index is 13.0. The number of nitrogens with one attached hydrogen (secondary N) is 1. The van der Waals surface area contributed by atoms with Gasteiger partial charge in [0.05, 0.1) is 12.5 Å². The van der Waals surface area contributed by atoms with E-state index in [2.05, 4.69) is 15.3 Å². The van der Waals surface area contributed by atoms with Crippen LogP contribution in [-0.4, -0.2) is 29.8 Å². The van der Waals surface area contributed by atoms with Gasteiger partial charge in [0, 0.05) is 31.0 Å². The summed E-state index contributed by atoms with van der Waals surface area (Å²) in [5, 5.41) is 2.95. The molecule has 7 heteroatoms. The zero-order valence-corrected chi connectivity index (χ0v) is 15.8. The summed E-state index contributed by atoms with van der Waals surface area (Å²) in [6.07, 6.45) is 5.05. The monoisotopic (exact) mass is 391 g/mol. The number of aromatic nitrogens is 2. The Morgan fingerprint density at radius 1 is 1.03 bits per heavy atom. The molecule has 1 aliphatic carbocycles. The van der Waals surface area contributed by atoms with Crippen molar-refractivity contribution < 1.29 is 20.4 Å². The summed E-state index contributed by atoms with van der Waals surface area (Å²) < 4.78 is 15.9. The van der Waals surface area contributed by atoms with Gasteiger partial charge < -0.3 is 19.5 Å². The van der Waals surface area contributed by atoms with Crippen molar-refractivity contribution in [3.05, 3.63) is 60.4 Å². The van der Waals surface area contributed by atoms with Crippen molar-refractivity contribution in [3.63, 3.8) is 0 Å². The highest BCUT2D eigenvalue weighted by Crippen LogP contribution is 2.51. The first kappa shape index (κ1) is 17.5. The lowest BCUT2D eigenvalue weighted by molar-refractivity contribution is -0.118. The summed E-state index contributed by atoms with van der Waals surface area (Å²) >= 11 is 0. The van der Waals surface area contributed by atoms with Crippen LogP contribution in [0.5, 0.6) is 17.4 Å². The lowest BCUT2D eigenvalue weighted by Gasteiger charge is -2.16. The summed E-state index contributed by atoms with van der Waals surface area (Å²) in [4.78, 5) is 21.6. The van der Waals surface area contributed by atoms with Crippen LogP contribution in [-0.2, 0) is 10.2 Å². The second-order valence-corrected chi connectivity index (χ2v) is 7.13. The first-order valence-electron chi connectivity index (χ1n) is 9.36. The van der Waals surface area contributed by atoms with E-state index in [-0.39, 0.29) is 14.1 Å². The topological polar surface area (TPSA) is 82.6 Å². The van der Waals surface area contributed by atoms with Gasteiger partial charge in [-0.15, -0.1) is 0 Å². The number of pyridine rings is 2. The van der Waals surface area contributed by atoms with Gasteiger partial charge in [0.25, 0.3) is 0 Å². The minimum atomic E-state index is -0.527. The number of nitrogens with zero attached hydrogens (tertiary/aromatic N) is 2. The average Bonchev–Trinajstić information content (AvgIpc) is 3.45. The largest absolute Gasteiger partial charge is 0.481 e. The number of rotatable bonds is 5. The Labute approximate surface area is 169 Å². The molecule has 2 aliphatic rings. The van der Waals surface area contributed by atoms with Gasteiger partial charge in [-0.2, -0.15) is 0 Å². The number of methoxy groups -OCH3 is 1.